The molecule has 1 aromatic carbocycles. The molecule has 0 fully saturated rings. The quantitative estimate of drug-likeness (QED) is 0.634. The van der Waals surface area contributed by atoms with Crippen LogP contribution >= 0.6 is 27.5 Å². The van der Waals surface area contributed by atoms with Crippen molar-refractivity contribution >= 4 is 33.6 Å². The number of methoxy groups -OCH3 is 1. The average Bonchev–Trinajstić information content (AvgIpc) is 2.13. The molecule has 1 rings (SSSR count). The Balaban J connectivity index is 3.20. The topological polar surface area (TPSA) is 52.4 Å². The van der Waals surface area contributed by atoms with Gasteiger partial charge in [0.2, 0.25) is 6.20 Å². The van der Waals surface area contributed by atoms with Crippen LogP contribution < -0.4 is 4.74 Å². The standard InChI is InChI=1S/C9H7BrClNO3/c1-15-9-6(2-3-12(13)14)4-7(11)5-8(9)10/h2-5H,1H3. The van der Waals surface area contributed by atoms with Crippen molar-refractivity contribution in [2.24, 2.45) is 0 Å². The number of ether oxygens (including phenoxy) is 1. The van der Waals surface area contributed by atoms with Crippen LogP contribution in [-0.4, -0.2) is 12.0 Å². The molecule has 0 unspecified atom stereocenters. The van der Waals surface area contributed by atoms with Gasteiger partial charge in [-0.1, -0.05) is 11.6 Å². The molecule has 6 heteroatoms. The van der Waals surface area contributed by atoms with Crippen molar-refractivity contribution in [3.63, 3.8) is 0 Å². The molecule has 4 nitrogen and oxygen atoms in total. The SMILES string of the molecule is COc1c(Br)cc(Cl)cc1C=C[N+](=O)[O-]. The molecular weight excluding hydrogens is 285 g/mol. The zero-order valence-electron chi connectivity index (χ0n) is 7.74. The lowest BCUT2D eigenvalue weighted by Gasteiger charge is -2.07. The molecule has 0 aliphatic carbocycles. The van der Waals surface area contributed by atoms with E-state index in [1.54, 1.807) is 12.1 Å². The number of hydrogen-bond acceptors (Lipinski definition) is 3. The Morgan fingerprint density at radius 1 is 1.60 bits per heavy atom. The van der Waals surface area contributed by atoms with Crippen LogP contribution in [0.1, 0.15) is 5.56 Å². The van der Waals surface area contributed by atoms with Crippen LogP contribution in [0.4, 0.5) is 0 Å². The lowest BCUT2D eigenvalue weighted by molar-refractivity contribution is -0.400. The summed E-state index contributed by atoms with van der Waals surface area (Å²) in [7, 11) is 1.48. The van der Waals surface area contributed by atoms with Crippen LogP contribution in [-0.2, 0) is 0 Å². The molecule has 0 saturated heterocycles. The van der Waals surface area contributed by atoms with Crippen molar-refractivity contribution in [1.29, 1.82) is 0 Å². The first-order chi connectivity index (χ1) is 7.04. The van der Waals surface area contributed by atoms with E-state index in [0.29, 0.717) is 20.8 Å². The third-order valence-electron chi connectivity index (χ3n) is 1.62. The summed E-state index contributed by atoms with van der Waals surface area (Å²) in [5.74, 6) is 0.512. The van der Waals surface area contributed by atoms with E-state index in [1.807, 2.05) is 0 Å². The second-order valence-corrected chi connectivity index (χ2v) is 3.90. The Bertz CT molecular complexity index is 420. The lowest BCUT2D eigenvalue weighted by Crippen LogP contribution is -1.90. The molecule has 15 heavy (non-hydrogen) atoms. The van der Waals surface area contributed by atoms with E-state index in [0.717, 1.165) is 6.20 Å². The maximum atomic E-state index is 10.2. The maximum absolute atomic E-state index is 10.2. The number of halogens is 2. The largest absolute Gasteiger partial charge is 0.495 e. The Hall–Kier alpha value is -1.07. The summed E-state index contributed by atoms with van der Waals surface area (Å²) in [5, 5.41) is 10.7. The van der Waals surface area contributed by atoms with Crippen molar-refractivity contribution < 1.29 is 9.66 Å². The van der Waals surface area contributed by atoms with E-state index >= 15 is 0 Å². The van der Waals surface area contributed by atoms with Gasteiger partial charge in [-0.05, 0) is 28.1 Å². The molecule has 0 radical (unpaired) electrons. The number of hydrogen-bond donors (Lipinski definition) is 0. The second kappa shape index (κ2) is 5.14. The number of benzene rings is 1. The van der Waals surface area contributed by atoms with E-state index in [1.165, 1.54) is 13.2 Å². The fourth-order valence-corrected chi connectivity index (χ4v) is 2.06. The van der Waals surface area contributed by atoms with Gasteiger partial charge < -0.3 is 4.74 Å². The number of rotatable bonds is 3. The smallest absolute Gasteiger partial charge is 0.235 e. The van der Waals surface area contributed by atoms with Gasteiger partial charge in [-0.2, -0.15) is 0 Å². The van der Waals surface area contributed by atoms with Crippen molar-refractivity contribution in [3.8, 4) is 5.75 Å². The summed E-state index contributed by atoms with van der Waals surface area (Å²) >= 11 is 9.06. The highest BCUT2D eigenvalue weighted by Gasteiger charge is 2.07. The minimum absolute atomic E-state index is 0.477. The van der Waals surface area contributed by atoms with Crippen LogP contribution in [0.2, 0.25) is 5.02 Å². The molecule has 0 heterocycles. The van der Waals surface area contributed by atoms with Gasteiger partial charge in [0.1, 0.15) is 5.75 Å². The van der Waals surface area contributed by atoms with E-state index in [4.69, 9.17) is 16.3 Å². The first kappa shape index (κ1) is 12.0. The summed E-state index contributed by atoms with van der Waals surface area (Å²) in [6.45, 7) is 0. The maximum Gasteiger partial charge on any atom is 0.235 e. The molecule has 80 valence electrons. The molecule has 0 aliphatic rings. The molecule has 0 aromatic heterocycles. The second-order valence-electron chi connectivity index (χ2n) is 2.61. The first-order valence-corrected chi connectivity index (χ1v) is 5.06. The zero-order chi connectivity index (χ0) is 11.4. The number of nitrogens with zero attached hydrogens (tertiary/aromatic N) is 1. The van der Waals surface area contributed by atoms with Gasteiger partial charge in [-0.25, -0.2) is 0 Å². The highest BCUT2D eigenvalue weighted by atomic mass is 79.9. The molecule has 0 atom stereocenters. The third-order valence-corrected chi connectivity index (χ3v) is 2.42. The molecule has 0 aliphatic heterocycles. The van der Waals surface area contributed by atoms with E-state index in [-0.39, 0.29) is 0 Å². The van der Waals surface area contributed by atoms with E-state index in [2.05, 4.69) is 15.9 Å². The van der Waals surface area contributed by atoms with Gasteiger partial charge in [0, 0.05) is 16.7 Å². The zero-order valence-corrected chi connectivity index (χ0v) is 10.1. The summed E-state index contributed by atoms with van der Waals surface area (Å²) < 4.78 is 5.74. The Morgan fingerprint density at radius 3 is 2.80 bits per heavy atom. The molecule has 0 N–H and O–H groups in total. The first-order valence-electron chi connectivity index (χ1n) is 3.89. The molecule has 0 spiro atoms. The molecule has 1 aromatic rings. The minimum atomic E-state index is -0.547. The van der Waals surface area contributed by atoms with Gasteiger partial charge in [0.15, 0.2) is 0 Å². The van der Waals surface area contributed by atoms with Gasteiger partial charge in [0.05, 0.1) is 16.5 Å². The highest BCUT2D eigenvalue weighted by Crippen LogP contribution is 2.33. The molecular formula is C9H7BrClNO3. The lowest BCUT2D eigenvalue weighted by atomic mass is 10.2. The highest BCUT2D eigenvalue weighted by molar-refractivity contribution is 9.10. The molecule has 0 bridgehead atoms. The monoisotopic (exact) mass is 291 g/mol. The van der Waals surface area contributed by atoms with E-state index < -0.39 is 4.92 Å². The van der Waals surface area contributed by atoms with Gasteiger partial charge in [-0.3, -0.25) is 10.1 Å². The van der Waals surface area contributed by atoms with Crippen LogP contribution in [0.15, 0.2) is 22.8 Å². The predicted molar refractivity (Wildman–Crippen MR) is 61.7 cm³/mol. The van der Waals surface area contributed by atoms with Crippen molar-refractivity contribution in [2.75, 3.05) is 7.11 Å². The van der Waals surface area contributed by atoms with Crippen LogP contribution in [0.5, 0.6) is 5.75 Å². The Morgan fingerprint density at radius 2 is 2.27 bits per heavy atom. The molecule has 0 amide bonds. The normalized spacial score (nSPS) is 10.6. The fraction of sp³-hybridized carbons (Fsp3) is 0.111. The summed E-state index contributed by atoms with van der Waals surface area (Å²) in [6, 6.07) is 3.25. The van der Waals surface area contributed by atoms with Crippen LogP contribution in [0.3, 0.4) is 0 Å². The van der Waals surface area contributed by atoms with Crippen molar-refractivity contribution in [2.45, 2.75) is 0 Å². The predicted octanol–water partition coefficient (Wildman–Crippen LogP) is 3.36. The van der Waals surface area contributed by atoms with Crippen LogP contribution in [0, 0.1) is 10.1 Å². The summed E-state index contributed by atoms with van der Waals surface area (Å²) in [5.41, 5.74) is 0.550. The Labute approximate surface area is 99.8 Å². The van der Waals surface area contributed by atoms with Gasteiger partial charge in [0.25, 0.3) is 0 Å². The number of nitro groups is 1. The minimum Gasteiger partial charge on any atom is -0.495 e. The Kier molecular flexibility index (Phi) is 4.11. The fourth-order valence-electron chi connectivity index (χ4n) is 1.06. The van der Waals surface area contributed by atoms with Crippen LogP contribution in [0.25, 0.3) is 6.08 Å². The van der Waals surface area contributed by atoms with Gasteiger partial charge >= 0.3 is 0 Å². The van der Waals surface area contributed by atoms with E-state index in [9.17, 15) is 10.1 Å². The van der Waals surface area contributed by atoms with Crippen molar-refractivity contribution in [1.82, 2.24) is 0 Å². The summed E-state index contributed by atoms with van der Waals surface area (Å²) in [4.78, 5) is 9.63. The van der Waals surface area contributed by atoms with Crippen molar-refractivity contribution in [3.05, 3.63) is 43.5 Å². The van der Waals surface area contributed by atoms with Gasteiger partial charge in [-0.15, -0.1) is 0 Å². The molecule has 0 saturated carbocycles. The third kappa shape index (κ3) is 3.21. The summed E-state index contributed by atoms with van der Waals surface area (Å²) in [6.07, 6.45) is 2.16. The average molecular weight is 293 g/mol.